The summed E-state index contributed by atoms with van der Waals surface area (Å²) in [5, 5.41) is 31.8. The third kappa shape index (κ3) is 3.02. The van der Waals surface area contributed by atoms with Crippen molar-refractivity contribution in [2.45, 2.75) is 83.6 Å². The molecule has 6 nitrogen and oxygen atoms in total. The van der Waals surface area contributed by atoms with Crippen molar-refractivity contribution in [1.82, 2.24) is 5.32 Å². The fourth-order valence-electron chi connectivity index (χ4n) is 7.94. The van der Waals surface area contributed by atoms with Crippen LogP contribution in [0.1, 0.15) is 65.2 Å². The molecule has 4 aliphatic carbocycles. The Morgan fingerprint density at radius 3 is 2.60 bits per heavy atom. The van der Waals surface area contributed by atoms with Gasteiger partial charge in [-0.05, 0) is 73.7 Å². The van der Waals surface area contributed by atoms with Crippen LogP contribution in [0.5, 0.6) is 0 Å². The Hall–Kier alpha value is -1.21. The molecule has 9 atom stereocenters. The van der Waals surface area contributed by atoms with Crippen LogP contribution in [0.4, 0.5) is 4.39 Å². The first-order valence-electron chi connectivity index (χ1n) is 11.8. The number of hydrogen-bond acceptors (Lipinski definition) is 6. The molecule has 3 N–H and O–H groups in total. The Kier molecular flexibility index (Phi) is 5.13. The minimum atomic E-state index is -1.11. The number of alkyl halides is 1. The smallest absolute Gasteiger partial charge is 0.142 e. The number of nitrogens with one attached hydrogen (secondary N) is 1. The Bertz CT molecular complexity index is 739. The van der Waals surface area contributed by atoms with Gasteiger partial charge >= 0.3 is 0 Å². The molecule has 1 unspecified atom stereocenters. The van der Waals surface area contributed by atoms with Gasteiger partial charge in [-0.1, -0.05) is 24.2 Å². The van der Waals surface area contributed by atoms with Crippen LogP contribution in [0, 0.1) is 34.5 Å². The van der Waals surface area contributed by atoms with E-state index in [0.717, 1.165) is 57.3 Å². The Balaban J connectivity index is 1.41. The lowest BCUT2D eigenvalue weighted by molar-refractivity contribution is -0.0898. The molecule has 5 fully saturated rings. The summed E-state index contributed by atoms with van der Waals surface area (Å²) in [6.45, 7) is 6.11. The zero-order valence-electron chi connectivity index (χ0n) is 18.2. The highest BCUT2D eigenvalue weighted by Crippen LogP contribution is 2.65. The minimum Gasteiger partial charge on any atom is -0.411 e. The van der Waals surface area contributed by atoms with Crippen LogP contribution >= 0.6 is 0 Å². The topological polar surface area (TPSA) is 86.4 Å². The Labute approximate surface area is 178 Å². The number of oxime groups is 2. The van der Waals surface area contributed by atoms with Crippen molar-refractivity contribution in [2.75, 3.05) is 13.1 Å². The first-order valence-corrected chi connectivity index (χ1v) is 11.8. The van der Waals surface area contributed by atoms with Crippen molar-refractivity contribution >= 4 is 11.4 Å². The van der Waals surface area contributed by atoms with Crippen LogP contribution in [-0.2, 0) is 4.84 Å². The van der Waals surface area contributed by atoms with Crippen LogP contribution in [0.15, 0.2) is 10.3 Å². The lowest BCUT2D eigenvalue weighted by Gasteiger charge is -2.60. The summed E-state index contributed by atoms with van der Waals surface area (Å²) in [6, 6.07) is 0. The average Bonchev–Trinajstić information content (AvgIpc) is 3.34. The van der Waals surface area contributed by atoms with Crippen molar-refractivity contribution in [1.29, 1.82) is 0 Å². The molecule has 0 aromatic heterocycles. The molecule has 0 spiro atoms. The van der Waals surface area contributed by atoms with Crippen LogP contribution in [-0.4, -0.2) is 53.2 Å². The number of rotatable bonds is 2. The number of hydrogen-bond donors (Lipinski definition) is 3. The van der Waals surface area contributed by atoms with Gasteiger partial charge < -0.3 is 20.5 Å². The van der Waals surface area contributed by atoms with E-state index in [1.165, 1.54) is 0 Å². The van der Waals surface area contributed by atoms with Crippen molar-refractivity contribution in [2.24, 2.45) is 44.8 Å². The molecule has 0 radical (unpaired) electrons. The highest BCUT2D eigenvalue weighted by molar-refractivity contribution is 5.97. The van der Waals surface area contributed by atoms with E-state index in [-0.39, 0.29) is 29.0 Å². The predicted octanol–water partition coefficient (Wildman–Crippen LogP) is 3.51. The molecule has 0 bridgehead atoms. The van der Waals surface area contributed by atoms with Gasteiger partial charge in [-0.3, -0.25) is 0 Å². The summed E-state index contributed by atoms with van der Waals surface area (Å²) in [7, 11) is 0. The molecular weight excluding hydrogens is 385 g/mol. The highest BCUT2D eigenvalue weighted by atomic mass is 19.1. The van der Waals surface area contributed by atoms with Crippen molar-refractivity contribution < 1.29 is 19.5 Å². The van der Waals surface area contributed by atoms with Gasteiger partial charge in [-0.15, -0.1) is 0 Å². The fraction of sp³-hybridized carbons (Fsp3) is 0.913. The van der Waals surface area contributed by atoms with Crippen molar-refractivity contribution in [3.8, 4) is 0 Å². The molecule has 30 heavy (non-hydrogen) atoms. The average molecular weight is 422 g/mol. The first kappa shape index (κ1) is 20.7. The quantitative estimate of drug-likeness (QED) is 0.470. The molecule has 1 heterocycles. The normalized spacial score (nSPS) is 53.4. The van der Waals surface area contributed by atoms with E-state index in [1.54, 1.807) is 0 Å². The molecule has 5 rings (SSSR count). The van der Waals surface area contributed by atoms with Gasteiger partial charge in [-0.25, -0.2) is 4.39 Å². The van der Waals surface area contributed by atoms with Gasteiger partial charge in [0.2, 0.25) is 0 Å². The summed E-state index contributed by atoms with van der Waals surface area (Å²) in [4.78, 5) is 5.64. The maximum Gasteiger partial charge on any atom is 0.142 e. The van der Waals surface area contributed by atoms with Crippen LogP contribution in [0.25, 0.3) is 0 Å². The molecule has 5 aliphatic rings. The second kappa shape index (κ2) is 7.44. The van der Waals surface area contributed by atoms with Gasteiger partial charge in [0.25, 0.3) is 0 Å². The summed E-state index contributed by atoms with van der Waals surface area (Å²) >= 11 is 0. The molecule has 4 saturated carbocycles. The lowest BCUT2D eigenvalue weighted by Crippen LogP contribution is -2.58. The number of halogens is 1. The zero-order chi connectivity index (χ0) is 21.1. The molecule has 1 saturated heterocycles. The Morgan fingerprint density at radius 1 is 1.07 bits per heavy atom. The van der Waals surface area contributed by atoms with Crippen LogP contribution < -0.4 is 5.32 Å². The largest absolute Gasteiger partial charge is 0.411 e. The fourth-order valence-corrected chi connectivity index (χ4v) is 7.94. The van der Waals surface area contributed by atoms with E-state index in [9.17, 15) is 10.3 Å². The summed E-state index contributed by atoms with van der Waals surface area (Å²) in [6.07, 6.45) is 5.10. The van der Waals surface area contributed by atoms with Crippen molar-refractivity contribution in [3.63, 3.8) is 0 Å². The van der Waals surface area contributed by atoms with Crippen LogP contribution in [0.3, 0.4) is 0 Å². The molecule has 0 amide bonds. The SMILES string of the molecule is C[C@]12CC[C@H]3[C@@H](C/C(=N\O)C4C/C(=N/O[C@@H]5CCNC5)[C@H](F)C[C@@]43C)[C@@H]1CC[C@@H]2O. The molecule has 1 aliphatic heterocycles. The number of aliphatic hydroxyl groups is 1. The molecule has 7 heteroatoms. The van der Waals surface area contributed by atoms with Gasteiger partial charge in [0.15, 0.2) is 0 Å². The van der Waals surface area contributed by atoms with Crippen LogP contribution in [0.2, 0.25) is 0 Å². The number of fused-ring (bicyclic) bond motifs is 5. The third-order valence-electron chi connectivity index (χ3n) is 9.73. The van der Waals surface area contributed by atoms with E-state index in [0.29, 0.717) is 36.3 Å². The number of aliphatic hydroxyl groups excluding tert-OH is 1. The standard InChI is InChI=1S/C23H36FN3O3/c1-22-7-5-16-14(15(22)3-4-21(22)28)9-19(26-29)17-10-20(18(24)11-23(16,17)2)27-30-13-6-8-25-12-13/h13-18,21,25,28-29H,3-12H2,1-2H3/b26-19+,27-20-/t13-,14+,15+,16+,17?,18-,21+,22+,23-/m1/s1. The first-order chi connectivity index (χ1) is 14.4. The van der Waals surface area contributed by atoms with Gasteiger partial charge in [-0.2, -0.15) is 0 Å². The predicted molar refractivity (Wildman–Crippen MR) is 112 cm³/mol. The van der Waals surface area contributed by atoms with E-state index in [1.807, 2.05) is 0 Å². The summed E-state index contributed by atoms with van der Waals surface area (Å²) in [5.74, 6) is 1.19. The monoisotopic (exact) mass is 421 g/mol. The molecule has 168 valence electrons. The maximum absolute atomic E-state index is 15.4. The van der Waals surface area contributed by atoms with Gasteiger partial charge in [0.05, 0.1) is 17.5 Å². The van der Waals surface area contributed by atoms with Gasteiger partial charge in [0, 0.05) is 25.3 Å². The molecule has 0 aromatic carbocycles. The Morgan fingerprint density at radius 2 is 1.87 bits per heavy atom. The lowest BCUT2D eigenvalue weighted by atomic mass is 9.44. The van der Waals surface area contributed by atoms with E-state index in [2.05, 4.69) is 29.5 Å². The maximum atomic E-state index is 15.4. The summed E-state index contributed by atoms with van der Waals surface area (Å²) in [5.41, 5.74) is 0.976. The minimum absolute atomic E-state index is 0.00971. The second-order valence-electron chi connectivity index (χ2n) is 11.0. The zero-order valence-corrected chi connectivity index (χ0v) is 18.2. The molecular formula is C23H36FN3O3. The van der Waals surface area contributed by atoms with Gasteiger partial charge in [0.1, 0.15) is 12.3 Å². The van der Waals surface area contributed by atoms with E-state index >= 15 is 4.39 Å². The van der Waals surface area contributed by atoms with E-state index < -0.39 is 6.17 Å². The second-order valence-corrected chi connectivity index (χ2v) is 11.0. The third-order valence-corrected chi connectivity index (χ3v) is 9.73. The number of nitrogens with zero attached hydrogens (tertiary/aromatic N) is 2. The van der Waals surface area contributed by atoms with E-state index in [4.69, 9.17) is 4.84 Å². The van der Waals surface area contributed by atoms with Crippen molar-refractivity contribution in [3.05, 3.63) is 0 Å². The molecule has 0 aromatic rings. The summed E-state index contributed by atoms with van der Waals surface area (Å²) < 4.78 is 15.4. The highest BCUT2D eigenvalue weighted by Gasteiger charge is 2.62.